The number of aliphatic imine (C=N–C) groups is 1. The highest BCUT2D eigenvalue weighted by Gasteiger charge is 2.41. The predicted molar refractivity (Wildman–Crippen MR) is 274 cm³/mol. The van der Waals surface area contributed by atoms with Crippen LogP contribution in [0.4, 0.5) is 4.79 Å². The molecule has 3 aliphatic rings. The molecule has 0 saturated carbocycles. The molecule has 18 heteroatoms. The van der Waals surface area contributed by atoms with E-state index >= 15 is 0 Å². The molecule has 0 radical (unpaired) electrons. The average molecular weight is 984 g/mol. The zero-order chi connectivity index (χ0) is 51.4. The lowest BCUT2D eigenvalue weighted by Gasteiger charge is -2.45. The van der Waals surface area contributed by atoms with Crippen molar-refractivity contribution in [2.75, 3.05) is 47.4 Å². The van der Waals surface area contributed by atoms with Gasteiger partial charge in [0.1, 0.15) is 18.1 Å². The van der Waals surface area contributed by atoms with Crippen LogP contribution in [-0.4, -0.2) is 154 Å². The molecule has 0 unspecified atom stereocenters. The Kier molecular flexibility index (Phi) is 17.0. The van der Waals surface area contributed by atoms with Crippen molar-refractivity contribution in [3.8, 4) is 11.3 Å². The third-order valence-corrected chi connectivity index (χ3v) is 14.2. The van der Waals surface area contributed by atoms with Gasteiger partial charge in [0, 0.05) is 98.9 Å². The number of fused-ring (bicyclic) bond motifs is 6. The Morgan fingerprint density at radius 1 is 1.19 bits per heavy atom. The number of urea groups is 1. The highest BCUT2D eigenvalue weighted by molar-refractivity contribution is 7.10. The minimum absolute atomic E-state index is 0.0443. The highest BCUT2D eigenvalue weighted by Crippen LogP contribution is 2.40. The van der Waals surface area contributed by atoms with Crippen LogP contribution in [0, 0.1) is 11.3 Å². The molecular formula is C52H73N9O8S. The van der Waals surface area contributed by atoms with E-state index in [2.05, 4.69) is 54.8 Å². The first-order chi connectivity index (χ1) is 33.0. The molecule has 6 bridgehead atoms. The van der Waals surface area contributed by atoms with Crippen LogP contribution in [0.1, 0.15) is 91.4 Å². The van der Waals surface area contributed by atoms with Crippen LogP contribution < -0.4 is 10.7 Å². The second kappa shape index (κ2) is 22.2. The number of benzene rings is 1. The van der Waals surface area contributed by atoms with E-state index in [4.69, 9.17) is 19.5 Å². The van der Waals surface area contributed by atoms with Crippen LogP contribution in [0.3, 0.4) is 0 Å². The first-order valence-electron chi connectivity index (χ1n) is 24.3. The zero-order valence-electron chi connectivity index (χ0n) is 43.0. The maximum atomic E-state index is 14.7. The Balaban J connectivity index is 1.36. The summed E-state index contributed by atoms with van der Waals surface area (Å²) < 4.78 is 14.2. The molecule has 17 nitrogen and oxygen atoms in total. The van der Waals surface area contributed by atoms with Crippen molar-refractivity contribution in [2.45, 2.75) is 130 Å². The molecule has 3 aliphatic heterocycles. The lowest BCUT2D eigenvalue weighted by atomic mass is 9.84. The SMILES string of the molecule is C=C/C(=C(\N=CC)[C@H](C)OC)c1c2c3cc(ccc3n1CC)-c1csc(n1)C[C@H](NC(=O)[C@H](C(C)C)N(C)C(=O)N(C)C1CN(C(=O)/C=C/C(C)(C)O)C1)C(=O)N1CCC[C@H](N1)C(=O)OCC(C)(C)C2. The number of likely N-dealkylation sites (N-methyl/N-ethyl adjacent to an activating group) is 2. The van der Waals surface area contributed by atoms with E-state index in [0.717, 1.165) is 39.0 Å². The molecular weight excluding hydrogens is 911 g/mol. The number of ether oxygens (including phenoxy) is 2. The van der Waals surface area contributed by atoms with Crippen molar-refractivity contribution in [2.24, 2.45) is 16.3 Å². The van der Waals surface area contributed by atoms with Gasteiger partial charge in [-0.25, -0.2) is 15.2 Å². The summed E-state index contributed by atoms with van der Waals surface area (Å²) in [6.07, 6.45) is 7.55. The number of thiazole rings is 1. The van der Waals surface area contributed by atoms with Crippen LogP contribution in [0.25, 0.3) is 27.7 Å². The molecule has 3 N–H and O–H groups in total. The zero-order valence-corrected chi connectivity index (χ0v) is 43.8. The van der Waals surface area contributed by atoms with Gasteiger partial charge in [-0.2, -0.15) is 0 Å². The lowest BCUT2D eigenvalue weighted by molar-refractivity contribution is -0.155. The molecule has 70 heavy (non-hydrogen) atoms. The van der Waals surface area contributed by atoms with Gasteiger partial charge in [0.25, 0.3) is 5.91 Å². The largest absolute Gasteiger partial charge is 0.464 e. The number of carbonyl (C=O) groups excluding carboxylic acids is 5. The Morgan fingerprint density at radius 3 is 2.53 bits per heavy atom. The molecule has 3 aromatic rings. The number of aryl methyl sites for hydroxylation is 1. The second-order valence-corrected chi connectivity index (χ2v) is 21.2. The summed E-state index contributed by atoms with van der Waals surface area (Å²) in [5, 5.41) is 18.0. The number of aromatic nitrogens is 2. The number of hydrazine groups is 1. The average Bonchev–Trinajstić information content (AvgIpc) is 3.89. The predicted octanol–water partition coefficient (Wildman–Crippen LogP) is 6.00. The Morgan fingerprint density at radius 2 is 1.90 bits per heavy atom. The number of amides is 5. The van der Waals surface area contributed by atoms with Gasteiger partial charge < -0.3 is 39.2 Å². The van der Waals surface area contributed by atoms with Crippen molar-refractivity contribution in [3.63, 3.8) is 0 Å². The lowest BCUT2D eigenvalue weighted by Crippen LogP contribution is -2.65. The quantitative estimate of drug-likeness (QED) is 0.0793. The smallest absolute Gasteiger partial charge is 0.324 e. The molecule has 380 valence electrons. The minimum Gasteiger partial charge on any atom is -0.464 e. The number of allylic oxidation sites excluding steroid dienone is 2. The van der Waals surface area contributed by atoms with E-state index in [9.17, 15) is 29.1 Å². The standard InChI is InChI=1S/C52H73N9O8S/c1-14-35(44(53-15-2)32(6)68-13)46-37-26-51(7,8)30-69-49(65)38-18-17-23-61(56-38)48(64)39(25-42-54-40(29-70-42)33-19-20-41(36(37)24-33)60(46)16-3)55-47(63)45(31(4)5)58(12)50(66)57(11)34-27-59(28-34)43(62)21-22-52(9,10)67/h14-15,19-22,24,29,31-32,34,38-39,45,56,67H,1,16-18,23,25-28,30H2,2-13H3,(H,55,63)/b22-21+,44-35+,53-15?/t32-,38-,39-,45-/m0/s1. The third-order valence-electron chi connectivity index (χ3n) is 13.3. The second-order valence-electron chi connectivity index (χ2n) is 20.3. The summed E-state index contributed by atoms with van der Waals surface area (Å²) in [7, 11) is 4.86. The van der Waals surface area contributed by atoms with Crippen LogP contribution >= 0.6 is 11.3 Å². The van der Waals surface area contributed by atoms with Gasteiger partial charge in [0.05, 0.1) is 46.4 Å². The summed E-state index contributed by atoms with van der Waals surface area (Å²) in [5.41, 5.74) is 7.61. The molecule has 0 spiro atoms. The molecule has 2 fully saturated rings. The fourth-order valence-electron chi connectivity index (χ4n) is 9.45. The number of aliphatic hydroxyl groups is 1. The topological polar surface area (TPSA) is 191 Å². The first kappa shape index (κ1) is 53.7. The van der Waals surface area contributed by atoms with Crippen molar-refractivity contribution < 1.29 is 38.6 Å². The van der Waals surface area contributed by atoms with Gasteiger partial charge in [0.2, 0.25) is 11.8 Å². The van der Waals surface area contributed by atoms with Gasteiger partial charge >= 0.3 is 12.0 Å². The van der Waals surface area contributed by atoms with Gasteiger partial charge in [-0.15, -0.1) is 11.3 Å². The first-order valence-corrected chi connectivity index (χ1v) is 25.1. The number of hydrogen-bond donors (Lipinski definition) is 3. The highest BCUT2D eigenvalue weighted by atomic mass is 32.1. The van der Waals surface area contributed by atoms with E-state index in [1.807, 2.05) is 45.2 Å². The Labute approximate surface area is 416 Å². The van der Waals surface area contributed by atoms with Gasteiger partial charge in [-0.3, -0.25) is 29.2 Å². The third kappa shape index (κ3) is 11.9. The van der Waals surface area contributed by atoms with Gasteiger partial charge in [-0.1, -0.05) is 46.4 Å². The fourth-order valence-corrected chi connectivity index (χ4v) is 10.3. The maximum absolute atomic E-state index is 14.7. The molecule has 2 aromatic heterocycles. The van der Waals surface area contributed by atoms with E-state index < -0.39 is 53.0 Å². The van der Waals surface area contributed by atoms with Crippen molar-refractivity contribution in [1.82, 2.24) is 40.0 Å². The maximum Gasteiger partial charge on any atom is 0.324 e. The van der Waals surface area contributed by atoms with E-state index in [-0.39, 0.29) is 37.0 Å². The summed E-state index contributed by atoms with van der Waals surface area (Å²) in [6, 6.07) is 2.67. The van der Waals surface area contributed by atoms with Crippen molar-refractivity contribution in [3.05, 3.63) is 70.3 Å². The number of hydrogen-bond acceptors (Lipinski definition) is 12. The summed E-state index contributed by atoms with van der Waals surface area (Å²) in [5.74, 6) is -2.08. The monoisotopic (exact) mass is 984 g/mol. The molecule has 5 heterocycles. The normalized spacial score (nSPS) is 20.5. The van der Waals surface area contributed by atoms with Crippen molar-refractivity contribution >= 4 is 63.7 Å². The molecule has 0 aliphatic carbocycles. The fraction of sp³-hybridized carbons (Fsp3) is 0.558. The van der Waals surface area contributed by atoms with E-state index in [0.29, 0.717) is 56.1 Å². The van der Waals surface area contributed by atoms with Crippen LogP contribution in [0.5, 0.6) is 0 Å². The number of methoxy groups -OCH3 is 1. The Bertz CT molecular complexity index is 2550. The molecule has 1 aromatic carbocycles. The summed E-state index contributed by atoms with van der Waals surface area (Å²) >= 11 is 1.38. The number of rotatable bonds is 13. The van der Waals surface area contributed by atoms with E-state index in [1.54, 1.807) is 46.2 Å². The van der Waals surface area contributed by atoms with Crippen LogP contribution in [0.2, 0.25) is 0 Å². The molecule has 4 atom stereocenters. The van der Waals surface area contributed by atoms with Gasteiger partial charge in [0.15, 0.2) is 0 Å². The molecule has 6 rings (SSSR count). The molecule has 2 saturated heterocycles. The van der Waals surface area contributed by atoms with Crippen LogP contribution in [-0.2, 0) is 48.0 Å². The Hall–Kier alpha value is -5.69. The number of nitrogens with one attached hydrogen (secondary N) is 2. The number of nitrogens with zero attached hydrogens (tertiary/aromatic N) is 7. The van der Waals surface area contributed by atoms with Gasteiger partial charge in [-0.05, 0) is 83.6 Å². The molecule has 5 amide bonds. The number of likely N-dealkylation sites (tertiary alicyclic amines) is 1. The van der Waals surface area contributed by atoms with Crippen LogP contribution in [0.15, 0.2) is 59.1 Å². The number of esters is 1. The minimum atomic E-state index is -1.14. The number of carbonyl (C=O) groups is 5. The number of cyclic esters (lactones) is 1. The summed E-state index contributed by atoms with van der Waals surface area (Å²) in [6.45, 7) is 22.8. The van der Waals surface area contributed by atoms with Crippen molar-refractivity contribution in [1.29, 1.82) is 0 Å². The summed E-state index contributed by atoms with van der Waals surface area (Å²) in [4.78, 5) is 84.2. The van der Waals surface area contributed by atoms with E-state index in [1.165, 1.54) is 38.3 Å².